The molecule has 0 saturated carbocycles. The lowest BCUT2D eigenvalue weighted by Crippen LogP contribution is -2.29. The molecule has 0 N–H and O–H groups in total. The molecule has 1 aromatic carbocycles. The molecule has 160 valence electrons. The van der Waals surface area contributed by atoms with E-state index < -0.39 is 36.0 Å². The lowest BCUT2D eigenvalue weighted by Gasteiger charge is -2.15. The fourth-order valence-corrected chi connectivity index (χ4v) is 1.83. The Morgan fingerprint density at radius 3 is 1.38 bits per heavy atom. The normalized spacial score (nSPS) is 9.45. The molecule has 1 aromatic rings. The van der Waals surface area contributed by atoms with Crippen LogP contribution in [0, 0.1) is 0 Å². The molecule has 0 bridgehead atoms. The van der Waals surface area contributed by atoms with E-state index >= 15 is 0 Å². The van der Waals surface area contributed by atoms with Crippen LogP contribution in [-0.4, -0.2) is 63.4 Å². The number of rotatable bonds is 7. The average molecular weight is 412 g/mol. The van der Waals surface area contributed by atoms with E-state index in [1.807, 2.05) is 0 Å². The first-order chi connectivity index (χ1) is 13.6. The van der Waals surface area contributed by atoms with Crippen LogP contribution in [0.25, 0.3) is 0 Å². The highest BCUT2D eigenvalue weighted by molar-refractivity contribution is 6.03. The first-order valence-corrected chi connectivity index (χ1v) is 8.31. The molecule has 0 spiro atoms. The topological polar surface area (TPSA) is 132 Å². The number of carbonyl (C=O) groups is 5. The Bertz CT molecular complexity index is 672. The number of hydrogen-bond acceptors (Lipinski definition) is 10. The Labute approximate surface area is 168 Å². The molecule has 0 aliphatic carbocycles. The molecule has 29 heavy (non-hydrogen) atoms. The fourth-order valence-electron chi connectivity index (χ4n) is 1.83. The maximum absolute atomic E-state index is 11.2. The van der Waals surface area contributed by atoms with Gasteiger partial charge in [-0.25, -0.2) is 9.59 Å². The van der Waals surface area contributed by atoms with E-state index in [-0.39, 0.29) is 24.3 Å². The van der Waals surface area contributed by atoms with Gasteiger partial charge in [-0.1, -0.05) is 12.1 Å². The molecule has 0 heterocycles. The van der Waals surface area contributed by atoms with Crippen LogP contribution in [0.3, 0.4) is 0 Å². The molecule has 10 nitrogen and oxygen atoms in total. The van der Waals surface area contributed by atoms with E-state index in [1.54, 1.807) is 12.1 Å². The van der Waals surface area contributed by atoms with E-state index in [9.17, 15) is 24.0 Å². The summed E-state index contributed by atoms with van der Waals surface area (Å²) in [6, 6.07) is 6.33. The van der Waals surface area contributed by atoms with Crippen LogP contribution in [0.1, 0.15) is 41.5 Å². The van der Waals surface area contributed by atoms with Crippen LogP contribution in [0.4, 0.5) is 0 Å². The smallest absolute Gasteiger partial charge is 0.338 e. The number of benzene rings is 1. The Morgan fingerprint density at radius 2 is 1.10 bits per heavy atom. The third-order valence-corrected chi connectivity index (χ3v) is 3.02. The number of esters is 5. The van der Waals surface area contributed by atoms with Crippen molar-refractivity contribution in [2.24, 2.45) is 0 Å². The van der Waals surface area contributed by atoms with Crippen LogP contribution in [0.5, 0.6) is 0 Å². The standard InChI is InChI=1S/C10H10O4.C9H14O6/c1-13-9(11)7-5-3-4-6-8(7)10(12)14-2;1-6(10)13-4-9(15-8(3)12)5-14-7(2)11/h3-6H,1-2H3;9H,4-5H2,1-3H3. The summed E-state index contributed by atoms with van der Waals surface area (Å²) in [5, 5.41) is 0. The van der Waals surface area contributed by atoms with Gasteiger partial charge in [0, 0.05) is 20.8 Å². The van der Waals surface area contributed by atoms with Crippen LogP contribution in [0.15, 0.2) is 24.3 Å². The lowest BCUT2D eigenvalue weighted by molar-refractivity contribution is -0.163. The zero-order valence-corrected chi connectivity index (χ0v) is 16.9. The van der Waals surface area contributed by atoms with Crippen molar-refractivity contribution in [3.63, 3.8) is 0 Å². The van der Waals surface area contributed by atoms with Crippen molar-refractivity contribution in [1.29, 1.82) is 0 Å². The van der Waals surface area contributed by atoms with E-state index in [4.69, 9.17) is 4.74 Å². The molecule has 0 radical (unpaired) electrons. The summed E-state index contributed by atoms with van der Waals surface area (Å²) >= 11 is 0. The molecule has 0 fully saturated rings. The van der Waals surface area contributed by atoms with Crippen molar-refractivity contribution >= 4 is 29.8 Å². The predicted octanol–water partition coefficient (Wildman–Crippen LogP) is 1.30. The minimum absolute atomic E-state index is 0.123. The summed E-state index contributed by atoms with van der Waals surface area (Å²) in [6.07, 6.45) is -0.754. The summed E-state index contributed by atoms with van der Waals surface area (Å²) in [4.78, 5) is 54.1. The Morgan fingerprint density at radius 1 is 0.724 bits per heavy atom. The van der Waals surface area contributed by atoms with Crippen molar-refractivity contribution in [3.05, 3.63) is 35.4 Å². The molecule has 0 unspecified atom stereocenters. The maximum Gasteiger partial charge on any atom is 0.338 e. The molecular formula is C19H24O10. The summed E-state index contributed by atoms with van der Waals surface area (Å²) < 4.78 is 23.1. The largest absolute Gasteiger partial charge is 0.465 e. The highest BCUT2D eigenvalue weighted by Gasteiger charge is 2.17. The summed E-state index contributed by atoms with van der Waals surface area (Å²) in [7, 11) is 2.52. The van der Waals surface area contributed by atoms with Crippen molar-refractivity contribution in [2.45, 2.75) is 26.9 Å². The summed E-state index contributed by atoms with van der Waals surface area (Å²) in [5.74, 6) is -2.61. The van der Waals surface area contributed by atoms with Gasteiger partial charge in [0.15, 0.2) is 6.10 Å². The fraction of sp³-hybridized carbons (Fsp3) is 0.421. The summed E-state index contributed by atoms with van der Waals surface area (Å²) in [6.45, 7) is 3.44. The van der Waals surface area contributed by atoms with E-state index in [0.717, 1.165) is 0 Å². The van der Waals surface area contributed by atoms with Crippen LogP contribution >= 0.6 is 0 Å². The Hall–Kier alpha value is -3.43. The number of ether oxygens (including phenoxy) is 5. The van der Waals surface area contributed by atoms with Gasteiger partial charge in [-0.15, -0.1) is 0 Å². The lowest BCUT2D eigenvalue weighted by atomic mass is 10.1. The monoisotopic (exact) mass is 412 g/mol. The second-order valence-corrected chi connectivity index (χ2v) is 5.37. The zero-order valence-electron chi connectivity index (χ0n) is 16.9. The third-order valence-electron chi connectivity index (χ3n) is 3.02. The summed E-state index contributed by atoms with van der Waals surface area (Å²) in [5.41, 5.74) is 0.420. The maximum atomic E-state index is 11.2. The van der Waals surface area contributed by atoms with Gasteiger partial charge < -0.3 is 23.7 Å². The van der Waals surface area contributed by atoms with E-state index in [1.165, 1.54) is 47.1 Å². The second-order valence-electron chi connectivity index (χ2n) is 5.37. The highest BCUT2D eigenvalue weighted by atomic mass is 16.6. The van der Waals surface area contributed by atoms with Crippen LogP contribution < -0.4 is 0 Å². The van der Waals surface area contributed by atoms with Crippen LogP contribution in [0.2, 0.25) is 0 Å². The molecule has 10 heteroatoms. The molecule has 0 saturated heterocycles. The van der Waals surface area contributed by atoms with Gasteiger partial charge in [0.1, 0.15) is 13.2 Å². The average Bonchev–Trinajstić information content (AvgIpc) is 2.68. The van der Waals surface area contributed by atoms with Gasteiger partial charge in [-0.3, -0.25) is 14.4 Å². The molecule has 0 aliphatic rings. The first-order valence-electron chi connectivity index (χ1n) is 8.31. The van der Waals surface area contributed by atoms with Crippen molar-refractivity contribution in [3.8, 4) is 0 Å². The molecule has 0 aliphatic heterocycles. The number of methoxy groups -OCH3 is 2. The molecular weight excluding hydrogens is 388 g/mol. The number of carbonyl (C=O) groups excluding carboxylic acids is 5. The van der Waals surface area contributed by atoms with Gasteiger partial charge in [0.25, 0.3) is 0 Å². The minimum atomic E-state index is -0.754. The molecule has 0 amide bonds. The SMILES string of the molecule is CC(=O)OCC(COC(C)=O)OC(C)=O.COC(=O)c1ccccc1C(=O)OC. The van der Waals surface area contributed by atoms with E-state index in [0.29, 0.717) is 0 Å². The van der Waals surface area contributed by atoms with Crippen molar-refractivity contribution in [1.82, 2.24) is 0 Å². The van der Waals surface area contributed by atoms with Gasteiger partial charge in [-0.2, -0.15) is 0 Å². The van der Waals surface area contributed by atoms with Gasteiger partial charge in [-0.05, 0) is 12.1 Å². The van der Waals surface area contributed by atoms with Crippen molar-refractivity contribution in [2.75, 3.05) is 27.4 Å². The minimum Gasteiger partial charge on any atom is -0.465 e. The third kappa shape index (κ3) is 11.1. The van der Waals surface area contributed by atoms with Crippen LogP contribution in [-0.2, 0) is 38.1 Å². The van der Waals surface area contributed by atoms with Gasteiger partial charge >= 0.3 is 29.8 Å². The molecule has 1 rings (SSSR count). The Balaban J connectivity index is 0.000000541. The second kappa shape index (κ2) is 13.7. The quantitative estimate of drug-likeness (QED) is 0.477. The molecule has 0 aromatic heterocycles. The van der Waals surface area contributed by atoms with Gasteiger partial charge in [0.05, 0.1) is 25.3 Å². The first kappa shape index (κ1) is 25.6. The van der Waals surface area contributed by atoms with Crippen molar-refractivity contribution < 1.29 is 47.7 Å². The number of hydrogen-bond donors (Lipinski definition) is 0. The zero-order chi connectivity index (χ0) is 22.4. The van der Waals surface area contributed by atoms with E-state index in [2.05, 4.69) is 18.9 Å². The predicted molar refractivity (Wildman–Crippen MR) is 97.9 cm³/mol. The Kier molecular flexibility index (Phi) is 12.1. The molecule has 0 atom stereocenters. The van der Waals surface area contributed by atoms with Gasteiger partial charge in [0.2, 0.25) is 0 Å². The highest BCUT2D eigenvalue weighted by Crippen LogP contribution is 2.10.